The van der Waals surface area contributed by atoms with E-state index in [1.165, 1.54) is 0 Å². The van der Waals surface area contributed by atoms with Crippen molar-refractivity contribution >= 4 is 17.4 Å². The number of aromatic nitrogens is 2. The lowest BCUT2D eigenvalue weighted by Crippen LogP contribution is -2.37. The molecule has 0 radical (unpaired) electrons. The Morgan fingerprint density at radius 3 is 2.55 bits per heavy atom. The number of hydrogen-bond donors (Lipinski definition) is 1. The van der Waals surface area contributed by atoms with Crippen LogP contribution in [0.3, 0.4) is 0 Å². The molecule has 154 valence electrons. The number of H-pyrrole nitrogens is 1. The van der Waals surface area contributed by atoms with Crippen molar-refractivity contribution in [2.75, 3.05) is 6.54 Å². The number of benzene rings is 1. The SMILES string of the molecule is CCCc1[nH]nc2c1C(C)(C)CN(C(=O)c1ccccc1)C=C2C(=O)OC(C)C. The molecule has 0 fully saturated rings. The first kappa shape index (κ1) is 20.8. The van der Waals surface area contributed by atoms with Gasteiger partial charge in [0.25, 0.3) is 5.91 Å². The maximum atomic E-state index is 13.2. The smallest absolute Gasteiger partial charge is 0.342 e. The topological polar surface area (TPSA) is 75.3 Å². The van der Waals surface area contributed by atoms with Gasteiger partial charge >= 0.3 is 5.97 Å². The average Bonchev–Trinajstić information content (AvgIpc) is 3.04. The van der Waals surface area contributed by atoms with Crippen molar-refractivity contribution in [1.29, 1.82) is 0 Å². The summed E-state index contributed by atoms with van der Waals surface area (Å²) in [5.41, 5.74) is 3.05. The molecular formula is C23H29N3O3. The Morgan fingerprint density at radius 1 is 1.24 bits per heavy atom. The van der Waals surface area contributed by atoms with Gasteiger partial charge in [0.05, 0.1) is 6.10 Å². The average molecular weight is 396 g/mol. The molecule has 0 atom stereocenters. The van der Waals surface area contributed by atoms with E-state index in [4.69, 9.17) is 4.74 Å². The van der Waals surface area contributed by atoms with E-state index in [0.29, 0.717) is 23.4 Å². The van der Waals surface area contributed by atoms with E-state index in [2.05, 4.69) is 31.0 Å². The Balaban J connectivity index is 2.12. The number of carbonyl (C=O) groups is 2. The molecule has 0 aliphatic carbocycles. The predicted octanol–water partition coefficient (Wildman–Crippen LogP) is 4.09. The minimum Gasteiger partial charge on any atom is -0.459 e. The lowest BCUT2D eigenvalue weighted by atomic mass is 9.81. The lowest BCUT2D eigenvalue weighted by molar-refractivity contribution is -0.140. The standard InChI is InChI=1S/C23H29N3O3/c1-6-10-18-19-20(25-24-18)17(22(28)29-15(2)3)13-26(14-23(19,4)5)21(27)16-11-8-7-9-12-16/h7-9,11-13,15H,6,10,14H2,1-5H3,(H,24,25). The fourth-order valence-electron chi connectivity index (χ4n) is 3.80. The van der Waals surface area contributed by atoms with Gasteiger partial charge < -0.3 is 9.64 Å². The molecule has 1 aliphatic heterocycles. The van der Waals surface area contributed by atoms with E-state index >= 15 is 0 Å². The largest absolute Gasteiger partial charge is 0.459 e. The molecular weight excluding hydrogens is 366 g/mol. The second kappa shape index (κ2) is 8.23. The molecule has 1 aromatic carbocycles. The summed E-state index contributed by atoms with van der Waals surface area (Å²) in [5.74, 6) is -0.626. The molecule has 2 heterocycles. The number of rotatable bonds is 5. The van der Waals surface area contributed by atoms with E-state index in [9.17, 15) is 9.59 Å². The molecule has 1 aromatic heterocycles. The molecule has 0 unspecified atom stereocenters. The van der Waals surface area contributed by atoms with Crippen LogP contribution in [-0.2, 0) is 21.4 Å². The fourth-order valence-corrected chi connectivity index (χ4v) is 3.80. The molecule has 6 heteroatoms. The first-order valence-electron chi connectivity index (χ1n) is 10.1. The van der Waals surface area contributed by atoms with Gasteiger partial charge in [-0.25, -0.2) is 4.79 Å². The maximum Gasteiger partial charge on any atom is 0.342 e. The summed E-state index contributed by atoms with van der Waals surface area (Å²) in [4.78, 5) is 27.8. The molecule has 0 bridgehead atoms. The number of esters is 1. The van der Waals surface area contributed by atoms with Gasteiger partial charge in [-0.1, -0.05) is 45.4 Å². The molecule has 0 saturated heterocycles. The van der Waals surface area contributed by atoms with Crippen molar-refractivity contribution in [2.24, 2.45) is 0 Å². The first-order valence-corrected chi connectivity index (χ1v) is 10.1. The highest BCUT2D eigenvalue weighted by molar-refractivity contribution is 6.17. The van der Waals surface area contributed by atoms with Crippen molar-refractivity contribution in [1.82, 2.24) is 15.1 Å². The predicted molar refractivity (Wildman–Crippen MR) is 112 cm³/mol. The van der Waals surface area contributed by atoms with Crippen LogP contribution in [0.2, 0.25) is 0 Å². The van der Waals surface area contributed by atoms with E-state index in [1.54, 1.807) is 37.1 Å². The highest BCUT2D eigenvalue weighted by Gasteiger charge is 2.38. The van der Waals surface area contributed by atoms with Crippen LogP contribution in [0, 0.1) is 0 Å². The van der Waals surface area contributed by atoms with Gasteiger partial charge in [-0.3, -0.25) is 9.89 Å². The molecule has 1 N–H and O–H groups in total. The molecule has 29 heavy (non-hydrogen) atoms. The zero-order chi connectivity index (χ0) is 21.2. The quantitative estimate of drug-likeness (QED) is 0.774. The van der Waals surface area contributed by atoms with Crippen molar-refractivity contribution in [2.45, 2.75) is 59.0 Å². The number of nitrogens with zero attached hydrogens (tertiary/aromatic N) is 2. The van der Waals surface area contributed by atoms with Crippen LogP contribution in [-0.4, -0.2) is 39.6 Å². The van der Waals surface area contributed by atoms with Crippen LogP contribution >= 0.6 is 0 Å². The van der Waals surface area contributed by atoms with Gasteiger partial charge in [0.1, 0.15) is 11.3 Å². The highest BCUT2D eigenvalue weighted by Crippen LogP contribution is 2.37. The van der Waals surface area contributed by atoms with Crippen molar-refractivity contribution in [3.8, 4) is 0 Å². The van der Waals surface area contributed by atoms with Crippen LogP contribution in [0.25, 0.3) is 5.57 Å². The molecule has 1 amide bonds. The molecule has 3 rings (SSSR count). The van der Waals surface area contributed by atoms with Crippen LogP contribution in [0.15, 0.2) is 36.5 Å². The Labute approximate surface area is 171 Å². The zero-order valence-electron chi connectivity index (χ0n) is 17.8. The molecule has 1 aliphatic rings. The minimum atomic E-state index is -0.473. The van der Waals surface area contributed by atoms with Crippen LogP contribution < -0.4 is 0 Å². The van der Waals surface area contributed by atoms with E-state index in [-0.39, 0.29) is 12.0 Å². The minimum absolute atomic E-state index is 0.153. The summed E-state index contributed by atoms with van der Waals surface area (Å²) in [6.45, 7) is 10.3. The number of fused-ring (bicyclic) bond motifs is 1. The Kier molecular flexibility index (Phi) is 5.91. The summed E-state index contributed by atoms with van der Waals surface area (Å²) in [7, 11) is 0. The Hall–Kier alpha value is -2.89. The summed E-state index contributed by atoms with van der Waals surface area (Å²) in [6, 6.07) is 9.09. The number of ether oxygens (including phenoxy) is 1. The third kappa shape index (κ3) is 4.26. The molecule has 2 aromatic rings. The van der Waals surface area contributed by atoms with E-state index in [0.717, 1.165) is 24.1 Å². The highest BCUT2D eigenvalue weighted by atomic mass is 16.5. The second-order valence-corrected chi connectivity index (χ2v) is 8.36. The van der Waals surface area contributed by atoms with Crippen molar-refractivity contribution in [3.63, 3.8) is 0 Å². The van der Waals surface area contributed by atoms with Gasteiger partial charge in [0.15, 0.2) is 0 Å². The van der Waals surface area contributed by atoms with Gasteiger partial charge in [-0.15, -0.1) is 0 Å². The third-order valence-corrected chi connectivity index (χ3v) is 4.97. The number of amides is 1. The maximum absolute atomic E-state index is 13.2. The normalized spacial score (nSPS) is 15.5. The number of aromatic amines is 1. The Morgan fingerprint density at radius 2 is 1.93 bits per heavy atom. The summed E-state index contributed by atoms with van der Waals surface area (Å²) in [6.07, 6.45) is 3.11. The molecule has 0 saturated carbocycles. The van der Waals surface area contributed by atoms with E-state index in [1.807, 2.05) is 18.2 Å². The zero-order valence-corrected chi connectivity index (χ0v) is 17.8. The number of carbonyl (C=O) groups excluding carboxylic acids is 2. The third-order valence-electron chi connectivity index (χ3n) is 4.97. The van der Waals surface area contributed by atoms with E-state index < -0.39 is 11.4 Å². The van der Waals surface area contributed by atoms with Gasteiger partial charge in [0, 0.05) is 35.0 Å². The number of nitrogens with one attached hydrogen (secondary N) is 1. The fraction of sp³-hybridized carbons (Fsp3) is 0.435. The summed E-state index contributed by atoms with van der Waals surface area (Å²) >= 11 is 0. The summed E-state index contributed by atoms with van der Waals surface area (Å²) in [5, 5.41) is 7.59. The van der Waals surface area contributed by atoms with Crippen molar-refractivity contribution < 1.29 is 14.3 Å². The van der Waals surface area contributed by atoms with Gasteiger partial charge in [0.2, 0.25) is 0 Å². The van der Waals surface area contributed by atoms with Gasteiger partial charge in [-0.2, -0.15) is 5.10 Å². The summed E-state index contributed by atoms with van der Waals surface area (Å²) < 4.78 is 5.47. The molecule has 6 nitrogen and oxygen atoms in total. The Bertz CT molecular complexity index is 926. The second-order valence-electron chi connectivity index (χ2n) is 8.36. The monoisotopic (exact) mass is 395 g/mol. The number of aryl methyl sites for hydroxylation is 1. The van der Waals surface area contributed by atoms with Crippen molar-refractivity contribution in [3.05, 3.63) is 59.0 Å². The number of hydrogen-bond acceptors (Lipinski definition) is 4. The lowest BCUT2D eigenvalue weighted by Gasteiger charge is -2.30. The van der Waals surface area contributed by atoms with Gasteiger partial charge in [-0.05, 0) is 32.4 Å². The molecule has 0 spiro atoms. The van der Waals surface area contributed by atoms with Crippen LogP contribution in [0.1, 0.15) is 68.3 Å². The van der Waals surface area contributed by atoms with Crippen LogP contribution in [0.5, 0.6) is 0 Å². The first-order chi connectivity index (χ1) is 13.7. The van der Waals surface area contributed by atoms with Crippen LogP contribution in [0.4, 0.5) is 0 Å².